The lowest BCUT2D eigenvalue weighted by Crippen LogP contribution is -2.40. The van der Waals surface area contributed by atoms with Crippen LogP contribution in [0.4, 0.5) is 4.39 Å². The SMILES string of the molecule is O=C(O)CCC1CC(NS(=O)(=O)c2ccc(F)cc2)Cc2c1[nH]c1ccccc21.OCCOCc1ccccc1. The first-order valence-electron chi connectivity index (χ1n) is 13.1. The van der Waals surface area contributed by atoms with E-state index in [9.17, 15) is 17.6 Å². The maximum absolute atomic E-state index is 13.1. The number of hydrogen-bond donors (Lipinski definition) is 4. The number of aromatic nitrogens is 1. The average molecular weight is 569 g/mol. The van der Waals surface area contributed by atoms with Crippen molar-refractivity contribution in [3.8, 4) is 0 Å². The van der Waals surface area contributed by atoms with Gasteiger partial charge in [0.2, 0.25) is 10.0 Å². The van der Waals surface area contributed by atoms with E-state index in [-0.39, 0.29) is 29.9 Å². The molecule has 0 bridgehead atoms. The molecule has 0 fully saturated rings. The molecule has 0 aliphatic heterocycles. The van der Waals surface area contributed by atoms with E-state index in [1.807, 2.05) is 54.6 Å². The second kappa shape index (κ2) is 13.7. The summed E-state index contributed by atoms with van der Waals surface area (Å²) in [7, 11) is -3.81. The summed E-state index contributed by atoms with van der Waals surface area (Å²) in [6.07, 6.45) is 1.43. The number of benzene rings is 3. The van der Waals surface area contributed by atoms with Crippen molar-refractivity contribution in [2.45, 2.75) is 49.1 Å². The average Bonchev–Trinajstić information content (AvgIpc) is 3.32. The van der Waals surface area contributed by atoms with Crippen molar-refractivity contribution < 1.29 is 32.6 Å². The maximum Gasteiger partial charge on any atom is 0.303 e. The fourth-order valence-electron chi connectivity index (χ4n) is 4.96. The van der Waals surface area contributed by atoms with Crippen LogP contribution in [0.2, 0.25) is 0 Å². The molecule has 212 valence electrons. The molecule has 5 rings (SSSR count). The third kappa shape index (κ3) is 7.76. The van der Waals surface area contributed by atoms with Gasteiger partial charge < -0.3 is 19.9 Å². The van der Waals surface area contributed by atoms with Crippen molar-refractivity contribution in [1.82, 2.24) is 9.71 Å². The minimum atomic E-state index is -3.81. The van der Waals surface area contributed by atoms with Crippen molar-refractivity contribution in [2.24, 2.45) is 0 Å². The van der Waals surface area contributed by atoms with Crippen LogP contribution in [0.15, 0.2) is 83.8 Å². The Labute approximate surface area is 232 Å². The second-order valence-corrected chi connectivity index (χ2v) is 11.4. The summed E-state index contributed by atoms with van der Waals surface area (Å²) in [5.41, 5.74) is 4.11. The van der Waals surface area contributed by atoms with Gasteiger partial charge in [0.15, 0.2) is 0 Å². The number of aliphatic carboxylic acids is 1. The molecule has 0 amide bonds. The Balaban J connectivity index is 0.000000283. The van der Waals surface area contributed by atoms with Gasteiger partial charge in [0.1, 0.15) is 5.82 Å². The van der Waals surface area contributed by atoms with Crippen molar-refractivity contribution in [2.75, 3.05) is 13.2 Å². The van der Waals surface area contributed by atoms with Gasteiger partial charge in [0.25, 0.3) is 0 Å². The van der Waals surface area contributed by atoms with Gasteiger partial charge in [0, 0.05) is 35.0 Å². The highest BCUT2D eigenvalue weighted by Gasteiger charge is 2.32. The quantitative estimate of drug-likeness (QED) is 0.205. The van der Waals surface area contributed by atoms with Gasteiger partial charge in [-0.15, -0.1) is 0 Å². The normalized spacial score (nSPS) is 16.6. The predicted octanol–water partition coefficient (Wildman–Crippen LogP) is 4.74. The lowest BCUT2D eigenvalue weighted by atomic mass is 9.81. The number of aromatic amines is 1. The Morgan fingerprint density at radius 3 is 2.42 bits per heavy atom. The van der Waals surface area contributed by atoms with Crippen molar-refractivity contribution in [3.63, 3.8) is 0 Å². The van der Waals surface area contributed by atoms with E-state index in [2.05, 4.69) is 9.71 Å². The summed E-state index contributed by atoms with van der Waals surface area (Å²) in [6.45, 7) is 1.09. The number of carbonyl (C=O) groups is 1. The number of H-pyrrole nitrogens is 1. The van der Waals surface area contributed by atoms with Crippen molar-refractivity contribution in [1.29, 1.82) is 0 Å². The number of sulfonamides is 1. The number of hydrogen-bond acceptors (Lipinski definition) is 5. The summed E-state index contributed by atoms with van der Waals surface area (Å²) >= 11 is 0. The number of halogens is 1. The minimum Gasteiger partial charge on any atom is -0.481 e. The molecule has 1 aliphatic carbocycles. The van der Waals surface area contributed by atoms with E-state index in [0.717, 1.165) is 39.9 Å². The summed E-state index contributed by atoms with van der Waals surface area (Å²) < 4.78 is 46.5. The number of fused-ring (bicyclic) bond motifs is 3. The molecule has 1 aliphatic rings. The number of ether oxygens (including phenoxy) is 1. The molecule has 1 aromatic heterocycles. The standard InChI is InChI=1S/C21H21FN2O4S.C9H12O2/c22-14-6-8-16(9-7-14)29(27,28)24-15-11-13(5-10-20(25)26)21-18(12-15)17-3-1-2-4-19(17)23-21;10-6-7-11-8-9-4-2-1-3-5-9/h1-4,6-9,13,15,23-24H,5,10-12H2,(H,25,26);1-5,10H,6-8H2. The maximum atomic E-state index is 13.1. The second-order valence-electron chi connectivity index (χ2n) is 9.67. The molecular formula is C30H33FN2O6S. The number of carboxylic acid groups (broad SMARTS) is 1. The zero-order chi connectivity index (χ0) is 28.5. The molecule has 10 heteroatoms. The summed E-state index contributed by atoms with van der Waals surface area (Å²) in [5.74, 6) is -1.47. The topological polar surface area (TPSA) is 129 Å². The summed E-state index contributed by atoms with van der Waals surface area (Å²) in [4.78, 5) is 14.5. The van der Waals surface area contributed by atoms with Crippen LogP contribution in [0, 0.1) is 5.82 Å². The number of aliphatic hydroxyl groups excluding tert-OH is 1. The van der Waals surface area contributed by atoms with E-state index in [4.69, 9.17) is 14.9 Å². The van der Waals surface area contributed by atoms with Crippen LogP contribution < -0.4 is 4.72 Å². The molecule has 0 radical (unpaired) electrons. The fraction of sp³-hybridized carbons (Fsp3) is 0.300. The van der Waals surface area contributed by atoms with E-state index in [1.54, 1.807) is 0 Å². The van der Waals surface area contributed by atoms with Crippen molar-refractivity contribution in [3.05, 3.63) is 102 Å². The van der Waals surface area contributed by atoms with Crippen LogP contribution in [0.1, 0.15) is 42.0 Å². The third-order valence-electron chi connectivity index (χ3n) is 6.77. The lowest BCUT2D eigenvalue weighted by Gasteiger charge is -2.30. The number of rotatable bonds is 10. The van der Waals surface area contributed by atoms with Crippen LogP contribution in [-0.2, 0) is 32.6 Å². The predicted molar refractivity (Wildman–Crippen MR) is 150 cm³/mol. The largest absolute Gasteiger partial charge is 0.481 e. The Morgan fingerprint density at radius 2 is 1.73 bits per heavy atom. The minimum absolute atomic E-state index is 0.00529. The van der Waals surface area contributed by atoms with Crippen LogP contribution in [-0.4, -0.2) is 48.8 Å². The fourth-order valence-corrected chi connectivity index (χ4v) is 6.21. The van der Waals surface area contributed by atoms with Gasteiger partial charge in [-0.05, 0) is 60.7 Å². The van der Waals surface area contributed by atoms with E-state index < -0.39 is 21.8 Å². The molecule has 40 heavy (non-hydrogen) atoms. The Morgan fingerprint density at radius 1 is 1.02 bits per heavy atom. The number of nitrogens with one attached hydrogen (secondary N) is 2. The molecule has 0 spiro atoms. The lowest BCUT2D eigenvalue weighted by molar-refractivity contribution is -0.137. The van der Waals surface area contributed by atoms with Crippen molar-refractivity contribution >= 4 is 26.9 Å². The Hall–Kier alpha value is -3.57. The van der Waals surface area contributed by atoms with Crippen LogP contribution in [0.25, 0.3) is 10.9 Å². The molecular weight excluding hydrogens is 535 g/mol. The first-order chi connectivity index (χ1) is 19.3. The Kier molecular flexibility index (Phi) is 10.1. The van der Waals surface area contributed by atoms with Crippen LogP contribution >= 0.6 is 0 Å². The van der Waals surface area contributed by atoms with Gasteiger partial charge in [-0.3, -0.25) is 4.79 Å². The highest BCUT2D eigenvalue weighted by atomic mass is 32.2. The zero-order valence-electron chi connectivity index (χ0n) is 21.9. The number of carboxylic acids is 1. The van der Waals surface area contributed by atoms with E-state index in [0.29, 0.717) is 32.5 Å². The third-order valence-corrected chi connectivity index (χ3v) is 8.31. The van der Waals surface area contributed by atoms with Crippen LogP contribution in [0.3, 0.4) is 0 Å². The molecule has 3 aromatic carbocycles. The Bertz CT molecular complexity index is 1510. The monoisotopic (exact) mass is 568 g/mol. The molecule has 2 atom stereocenters. The van der Waals surface area contributed by atoms with E-state index >= 15 is 0 Å². The van der Waals surface area contributed by atoms with Gasteiger partial charge in [0.05, 0.1) is 24.7 Å². The summed E-state index contributed by atoms with van der Waals surface area (Å²) in [6, 6.07) is 22.0. The first-order valence-corrected chi connectivity index (χ1v) is 14.6. The smallest absolute Gasteiger partial charge is 0.303 e. The molecule has 4 N–H and O–H groups in total. The van der Waals surface area contributed by atoms with E-state index in [1.165, 1.54) is 12.1 Å². The first kappa shape index (κ1) is 29.4. The van der Waals surface area contributed by atoms with Gasteiger partial charge in [-0.25, -0.2) is 17.5 Å². The highest BCUT2D eigenvalue weighted by Crippen LogP contribution is 2.39. The van der Waals surface area contributed by atoms with Gasteiger partial charge in [-0.2, -0.15) is 0 Å². The molecule has 8 nitrogen and oxygen atoms in total. The van der Waals surface area contributed by atoms with Gasteiger partial charge in [-0.1, -0.05) is 48.5 Å². The summed E-state index contributed by atoms with van der Waals surface area (Å²) in [5, 5.41) is 18.5. The molecule has 2 unspecified atom stereocenters. The molecule has 0 saturated heterocycles. The molecule has 1 heterocycles. The number of para-hydroxylation sites is 1. The van der Waals surface area contributed by atoms with Gasteiger partial charge >= 0.3 is 5.97 Å². The zero-order valence-corrected chi connectivity index (χ0v) is 22.7. The highest BCUT2D eigenvalue weighted by molar-refractivity contribution is 7.89. The number of aliphatic hydroxyl groups is 1. The molecule has 0 saturated carbocycles. The van der Waals surface area contributed by atoms with Crippen LogP contribution in [0.5, 0.6) is 0 Å². The molecule has 4 aromatic rings.